The molecule has 1 amide bonds. The van der Waals surface area contributed by atoms with Crippen LogP contribution in [0.3, 0.4) is 0 Å². The summed E-state index contributed by atoms with van der Waals surface area (Å²) in [4.78, 5) is 23.0. The van der Waals surface area contributed by atoms with Gasteiger partial charge in [-0.25, -0.2) is 0 Å². The number of likely N-dealkylation sites (tertiary alicyclic amines) is 1. The van der Waals surface area contributed by atoms with E-state index in [9.17, 15) is 4.79 Å². The molecule has 0 spiro atoms. The lowest BCUT2D eigenvalue weighted by molar-refractivity contribution is 0.0786. The number of carbonyl (C=O) groups is 1. The Morgan fingerprint density at radius 2 is 2.04 bits per heavy atom. The minimum absolute atomic E-state index is 0.0881. The van der Waals surface area contributed by atoms with E-state index in [0.29, 0.717) is 11.5 Å². The lowest BCUT2D eigenvalue weighted by Gasteiger charge is -2.17. The van der Waals surface area contributed by atoms with E-state index in [2.05, 4.69) is 28.2 Å². The summed E-state index contributed by atoms with van der Waals surface area (Å²) in [7, 11) is 0. The molecule has 3 heterocycles. The first kappa shape index (κ1) is 14.8. The van der Waals surface area contributed by atoms with Gasteiger partial charge in [0, 0.05) is 37.1 Å². The largest absolute Gasteiger partial charge is 0.338 e. The van der Waals surface area contributed by atoms with Crippen LogP contribution in [0.25, 0.3) is 10.9 Å². The van der Waals surface area contributed by atoms with E-state index in [1.54, 1.807) is 12.4 Å². The van der Waals surface area contributed by atoms with Crippen LogP contribution in [0.5, 0.6) is 0 Å². The van der Waals surface area contributed by atoms with Crippen LogP contribution in [0.1, 0.15) is 22.3 Å². The number of benzene rings is 1. The van der Waals surface area contributed by atoms with Gasteiger partial charge in [-0.1, -0.05) is 18.2 Å². The predicted octanol–water partition coefficient (Wildman–Crippen LogP) is 3.33. The molecule has 4 nitrogen and oxygen atoms in total. The molecule has 1 fully saturated rings. The molecule has 4 heteroatoms. The number of hydrogen-bond donors (Lipinski definition) is 0. The summed E-state index contributed by atoms with van der Waals surface area (Å²) in [5.41, 5.74) is 3.03. The summed E-state index contributed by atoms with van der Waals surface area (Å²) in [5.74, 6) is 0.585. The Hall–Kier alpha value is -2.75. The van der Waals surface area contributed by atoms with Crippen LogP contribution in [0.2, 0.25) is 0 Å². The average molecular weight is 317 g/mol. The Morgan fingerprint density at radius 3 is 2.92 bits per heavy atom. The van der Waals surface area contributed by atoms with Crippen molar-refractivity contribution in [3.05, 3.63) is 72.2 Å². The maximum absolute atomic E-state index is 12.5. The molecule has 4 rings (SSSR count). The average Bonchev–Trinajstić information content (AvgIpc) is 3.11. The van der Waals surface area contributed by atoms with E-state index < -0.39 is 0 Å². The third-order valence-corrected chi connectivity index (χ3v) is 4.73. The zero-order valence-corrected chi connectivity index (χ0v) is 13.4. The number of pyridine rings is 2. The van der Waals surface area contributed by atoms with Crippen molar-refractivity contribution >= 4 is 16.8 Å². The maximum Gasteiger partial charge on any atom is 0.255 e. The van der Waals surface area contributed by atoms with Crippen molar-refractivity contribution in [2.75, 3.05) is 13.1 Å². The van der Waals surface area contributed by atoms with E-state index in [0.717, 1.165) is 31.4 Å². The van der Waals surface area contributed by atoms with E-state index in [4.69, 9.17) is 0 Å². The van der Waals surface area contributed by atoms with Gasteiger partial charge in [0.25, 0.3) is 5.91 Å². The smallest absolute Gasteiger partial charge is 0.255 e. The topological polar surface area (TPSA) is 46.1 Å². The van der Waals surface area contributed by atoms with Crippen LogP contribution in [0.15, 0.2) is 61.1 Å². The molecule has 0 saturated carbocycles. The van der Waals surface area contributed by atoms with Crippen LogP contribution in [0, 0.1) is 5.92 Å². The van der Waals surface area contributed by atoms with Gasteiger partial charge >= 0.3 is 0 Å². The zero-order valence-electron chi connectivity index (χ0n) is 13.4. The molecule has 0 radical (unpaired) electrons. The normalized spacial score (nSPS) is 17.3. The number of fused-ring (bicyclic) bond motifs is 1. The number of hydrogen-bond acceptors (Lipinski definition) is 3. The highest BCUT2D eigenvalue weighted by molar-refractivity contribution is 5.94. The summed E-state index contributed by atoms with van der Waals surface area (Å²) in [6.45, 7) is 1.63. The first-order chi connectivity index (χ1) is 11.8. The Labute approximate surface area is 141 Å². The number of rotatable bonds is 3. The van der Waals surface area contributed by atoms with Crippen molar-refractivity contribution in [2.24, 2.45) is 5.92 Å². The second-order valence-electron chi connectivity index (χ2n) is 6.34. The van der Waals surface area contributed by atoms with Crippen molar-refractivity contribution in [1.82, 2.24) is 14.9 Å². The molecular formula is C20H19N3O. The number of amides is 1. The first-order valence-corrected chi connectivity index (χ1v) is 8.33. The predicted molar refractivity (Wildman–Crippen MR) is 93.7 cm³/mol. The van der Waals surface area contributed by atoms with Gasteiger partial charge in [-0.3, -0.25) is 14.8 Å². The van der Waals surface area contributed by atoms with Crippen LogP contribution in [-0.4, -0.2) is 33.9 Å². The molecule has 0 N–H and O–H groups in total. The molecule has 1 aliphatic rings. The summed E-state index contributed by atoms with van der Waals surface area (Å²) in [6, 6.07) is 14.0. The highest BCUT2D eigenvalue weighted by Crippen LogP contribution is 2.25. The van der Waals surface area contributed by atoms with Crippen molar-refractivity contribution in [3.8, 4) is 0 Å². The summed E-state index contributed by atoms with van der Waals surface area (Å²) < 4.78 is 0. The maximum atomic E-state index is 12.5. The molecule has 3 aromatic rings. The molecule has 24 heavy (non-hydrogen) atoms. The molecule has 1 aromatic carbocycles. The minimum Gasteiger partial charge on any atom is -0.338 e. The minimum atomic E-state index is 0.0881. The van der Waals surface area contributed by atoms with Crippen LogP contribution >= 0.6 is 0 Å². The second-order valence-corrected chi connectivity index (χ2v) is 6.34. The Balaban J connectivity index is 1.48. The van der Waals surface area contributed by atoms with Gasteiger partial charge < -0.3 is 4.90 Å². The van der Waals surface area contributed by atoms with Crippen molar-refractivity contribution in [2.45, 2.75) is 12.8 Å². The molecule has 1 unspecified atom stereocenters. The SMILES string of the molecule is O=C(c1cccnc1)N1CCC(Cc2cccc3ncccc23)C1. The molecule has 1 atom stereocenters. The Kier molecular flexibility index (Phi) is 3.95. The Bertz CT molecular complexity index is 858. The second kappa shape index (κ2) is 6.40. The molecule has 0 aliphatic carbocycles. The van der Waals surface area contributed by atoms with E-state index >= 15 is 0 Å². The quantitative estimate of drug-likeness (QED) is 0.744. The van der Waals surface area contributed by atoms with E-state index in [-0.39, 0.29) is 5.91 Å². The van der Waals surface area contributed by atoms with Gasteiger partial charge in [-0.2, -0.15) is 0 Å². The fourth-order valence-corrected chi connectivity index (χ4v) is 3.51. The monoisotopic (exact) mass is 317 g/mol. The highest BCUT2D eigenvalue weighted by Gasteiger charge is 2.27. The van der Waals surface area contributed by atoms with Crippen LogP contribution < -0.4 is 0 Å². The zero-order chi connectivity index (χ0) is 16.4. The lowest BCUT2D eigenvalue weighted by atomic mass is 9.96. The van der Waals surface area contributed by atoms with Crippen LogP contribution in [0.4, 0.5) is 0 Å². The van der Waals surface area contributed by atoms with Gasteiger partial charge in [0.2, 0.25) is 0 Å². The molecule has 120 valence electrons. The molecular weight excluding hydrogens is 298 g/mol. The van der Waals surface area contributed by atoms with Gasteiger partial charge in [0.1, 0.15) is 0 Å². The van der Waals surface area contributed by atoms with Gasteiger partial charge in [-0.05, 0) is 48.6 Å². The Morgan fingerprint density at radius 1 is 1.12 bits per heavy atom. The van der Waals surface area contributed by atoms with Gasteiger partial charge in [0.05, 0.1) is 11.1 Å². The summed E-state index contributed by atoms with van der Waals surface area (Å²) in [5, 5.41) is 1.22. The van der Waals surface area contributed by atoms with Crippen molar-refractivity contribution in [1.29, 1.82) is 0 Å². The van der Waals surface area contributed by atoms with E-state index in [1.807, 2.05) is 35.4 Å². The number of nitrogens with zero attached hydrogens (tertiary/aromatic N) is 3. The van der Waals surface area contributed by atoms with Gasteiger partial charge in [0.15, 0.2) is 0 Å². The summed E-state index contributed by atoms with van der Waals surface area (Å²) >= 11 is 0. The number of aromatic nitrogens is 2. The number of carbonyl (C=O) groups excluding carboxylic acids is 1. The van der Waals surface area contributed by atoms with Crippen molar-refractivity contribution in [3.63, 3.8) is 0 Å². The molecule has 1 aliphatic heterocycles. The molecule has 0 bridgehead atoms. The fraction of sp³-hybridized carbons (Fsp3) is 0.250. The summed E-state index contributed by atoms with van der Waals surface area (Å²) in [6.07, 6.45) is 7.20. The van der Waals surface area contributed by atoms with Gasteiger partial charge in [-0.15, -0.1) is 0 Å². The highest BCUT2D eigenvalue weighted by atomic mass is 16.2. The standard InChI is InChI=1S/C20H19N3O/c24-20(17-5-2-9-21-13-17)23-11-8-15(14-23)12-16-4-1-7-19-18(16)6-3-10-22-19/h1-7,9-10,13,15H,8,11-12,14H2. The first-order valence-electron chi connectivity index (χ1n) is 8.33. The lowest BCUT2D eigenvalue weighted by Crippen LogP contribution is -2.29. The molecule has 1 saturated heterocycles. The van der Waals surface area contributed by atoms with Crippen molar-refractivity contribution < 1.29 is 4.79 Å². The van der Waals surface area contributed by atoms with Crippen LogP contribution in [-0.2, 0) is 6.42 Å². The van der Waals surface area contributed by atoms with E-state index in [1.165, 1.54) is 10.9 Å². The third-order valence-electron chi connectivity index (χ3n) is 4.73. The molecule has 2 aromatic heterocycles. The fourth-order valence-electron chi connectivity index (χ4n) is 3.51. The third kappa shape index (κ3) is 2.87.